The first kappa shape index (κ1) is 20.6. The fourth-order valence-electron chi connectivity index (χ4n) is 2.51. The maximum atomic E-state index is 12.8. The van der Waals surface area contributed by atoms with Crippen LogP contribution in [0.5, 0.6) is 0 Å². The van der Waals surface area contributed by atoms with Crippen molar-refractivity contribution in [2.45, 2.75) is 19.9 Å². The Morgan fingerprint density at radius 2 is 1.88 bits per heavy atom. The molecule has 0 aromatic heterocycles. The third-order valence-electron chi connectivity index (χ3n) is 3.78. The third-order valence-corrected chi connectivity index (χ3v) is 3.78. The molecule has 2 aromatic carbocycles. The van der Waals surface area contributed by atoms with Crippen LogP contribution >= 0.6 is 12.4 Å². The average molecular weight is 364 g/mol. The Kier molecular flexibility index (Phi) is 8.04. The van der Waals surface area contributed by atoms with E-state index in [4.69, 9.17) is 5.73 Å². The highest BCUT2D eigenvalue weighted by Crippen LogP contribution is 2.20. The van der Waals surface area contributed by atoms with E-state index in [9.17, 15) is 14.9 Å². The molecular weight excluding hydrogens is 342 g/mol. The molecule has 0 spiro atoms. The van der Waals surface area contributed by atoms with Crippen molar-refractivity contribution in [2.75, 3.05) is 13.1 Å². The van der Waals surface area contributed by atoms with E-state index in [2.05, 4.69) is 0 Å². The standard InChI is InChI=1S/C18H21N3O3.ClH/c1-14-12-16(8-9-17(14)21(23)24)18(22)20(11-5-10-19)13-15-6-3-2-4-7-15;/h2-4,6-9,12H,5,10-11,13,19H2,1H3;1H. The summed E-state index contributed by atoms with van der Waals surface area (Å²) in [6.07, 6.45) is 0.699. The molecule has 6 nitrogen and oxygen atoms in total. The van der Waals surface area contributed by atoms with Crippen molar-refractivity contribution < 1.29 is 9.72 Å². The van der Waals surface area contributed by atoms with E-state index < -0.39 is 4.92 Å². The summed E-state index contributed by atoms with van der Waals surface area (Å²) < 4.78 is 0. The molecule has 2 rings (SSSR count). The van der Waals surface area contributed by atoms with E-state index in [-0.39, 0.29) is 24.0 Å². The molecule has 0 aliphatic carbocycles. The summed E-state index contributed by atoms with van der Waals surface area (Å²) in [5.74, 6) is -0.148. The Bertz CT molecular complexity index is 723. The van der Waals surface area contributed by atoms with Crippen LogP contribution in [0.15, 0.2) is 48.5 Å². The minimum atomic E-state index is -0.445. The van der Waals surface area contributed by atoms with E-state index in [0.29, 0.717) is 37.2 Å². The van der Waals surface area contributed by atoms with Gasteiger partial charge in [-0.15, -0.1) is 12.4 Å². The lowest BCUT2D eigenvalue weighted by Crippen LogP contribution is -2.32. The van der Waals surface area contributed by atoms with Crippen molar-refractivity contribution in [2.24, 2.45) is 5.73 Å². The highest BCUT2D eigenvalue weighted by molar-refractivity contribution is 5.94. The second-order valence-electron chi connectivity index (χ2n) is 5.61. The summed E-state index contributed by atoms with van der Waals surface area (Å²) >= 11 is 0. The molecule has 0 atom stereocenters. The smallest absolute Gasteiger partial charge is 0.272 e. The summed E-state index contributed by atoms with van der Waals surface area (Å²) in [7, 11) is 0. The van der Waals surface area contributed by atoms with Gasteiger partial charge in [-0.25, -0.2) is 0 Å². The maximum absolute atomic E-state index is 12.8. The fourth-order valence-corrected chi connectivity index (χ4v) is 2.51. The zero-order valence-electron chi connectivity index (χ0n) is 14.1. The van der Waals surface area contributed by atoms with Crippen LogP contribution in [0.1, 0.15) is 27.9 Å². The molecule has 0 unspecified atom stereocenters. The Morgan fingerprint density at radius 3 is 2.44 bits per heavy atom. The number of hydrogen-bond donors (Lipinski definition) is 1. The van der Waals surface area contributed by atoms with Crippen molar-refractivity contribution in [3.05, 3.63) is 75.3 Å². The van der Waals surface area contributed by atoms with Crippen LogP contribution in [0.3, 0.4) is 0 Å². The van der Waals surface area contributed by atoms with Crippen LogP contribution in [-0.4, -0.2) is 28.8 Å². The number of nitro groups is 1. The number of carbonyl (C=O) groups is 1. The number of carbonyl (C=O) groups excluding carboxylic acids is 1. The summed E-state index contributed by atoms with van der Waals surface area (Å²) in [4.78, 5) is 25.0. The summed E-state index contributed by atoms with van der Waals surface area (Å²) in [5.41, 5.74) is 7.55. The van der Waals surface area contributed by atoms with Gasteiger partial charge in [0, 0.05) is 30.3 Å². The minimum Gasteiger partial charge on any atom is -0.334 e. The van der Waals surface area contributed by atoms with Gasteiger partial charge in [-0.2, -0.15) is 0 Å². The van der Waals surface area contributed by atoms with Crippen molar-refractivity contribution in [3.8, 4) is 0 Å². The molecule has 0 saturated heterocycles. The largest absolute Gasteiger partial charge is 0.334 e. The van der Waals surface area contributed by atoms with E-state index in [1.54, 1.807) is 17.9 Å². The number of nitrogens with zero attached hydrogens (tertiary/aromatic N) is 2. The highest BCUT2D eigenvalue weighted by Gasteiger charge is 2.19. The molecule has 7 heteroatoms. The number of rotatable bonds is 7. The lowest BCUT2D eigenvalue weighted by molar-refractivity contribution is -0.385. The number of nitro benzene ring substituents is 1. The number of hydrogen-bond acceptors (Lipinski definition) is 4. The molecule has 0 radical (unpaired) electrons. The Balaban J connectivity index is 0.00000312. The quantitative estimate of drug-likeness (QED) is 0.603. The molecule has 134 valence electrons. The molecule has 0 saturated carbocycles. The monoisotopic (exact) mass is 363 g/mol. The van der Waals surface area contributed by atoms with Crippen LogP contribution in [0.2, 0.25) is 0 Å². The second-order valence-corrected chi connectivity index (χ2v) is 5.61. The lowest BCUT2D eigenvalue weighted by Gasteiger charge is -2.23. The van der Waals surface area contributed by atoms with Crippen LogP contribution in [-0.2, 0) is 6.54 Å². The van der Waals surface area contributed by atoms with Crippen molar-refractivity contribution in [1.82, 2.24) is 4.90 Å². The van der Waals surface area contributed by atoms with E-state index in [0.717, 1.165) is 5.56 Å². The molecule has 25 heavy (non-hydrogen) atoms. The highest BCUT2D eigenvalue weighted by atomic mass is 35.5. The molecule has 2 N–H and O–H groups in total. The third kappa shape index (κ3) is 5.55. The van der Waals surface area contributed by atoms with Gasteiger partial charge in [0.05, 0.1) is 4.92 Å². The number of amides is 1. The van der Waals surface area contributed by atoms with Gasteiger partial charge in [-0.1, -0.05) is 30.3 Å². The van der Waals surface area contributed by atoms with Crippen LogP contribution in [0.4, 0.5) is 5.69 Å². The number of benzene rings is 2. The number of halogens is 1. The predicted molar refractivity (Wildman–Crippen MR) is 99.9 cm³/mol. The summed E-state index contributed by atoms with van der Waals surface area (Å²) in [6, 6.07) is 14.2. The van der Waals surface area contributed by atoms with Crippen molar-refractivity contribution in [1.29, 1.82) is 0 Å². The van der Waals surface area contributed by atoms with Gasteiger partial charge in [0.2, 0.25) is 0 Å². The van der Waals surface area contributed by atoms with Gasteiger partial charge in [0.25, 0.3) is 11.6 Å². The van der Waals surface area contributed by atoms with Gasteiger partial charge < -0.3 is 10.6 Å². The molecule has 0 aliphatic rings. The zero-order valence-corrected chi connectivity index (χ0v) is 14.9. The molecular formula is C18H22ClN3O3. The van der Waals surface area contributed by atoms with Gasteiger partial charge >= 0.3 is 0 Å². The first-order valence-corrected chi connectivity index (χ1v) is 7.81. The zero-order chi connectivity index (χ0) is 17.5. The predicted octanol–water partition coefficient (Wildman–Crippen LogP) is 3.32. The molecule has 0 aliphatic heterocycles. The number of nitrogens with two attached hydrogens (primary N) is 1. The van der Waals surface area contributed by atoms with Crippen molar-refractivity contribution in [3.63, 3.8) is 0 Å². The molecule has 1 amide bonds. The van der Waals surface area contributed by atoms with Crippen LogP contribution in [0, 0.1) is 17.0 Å². The Hall–Kier alpha value is -2.44. The second kappa shape index (κ2) is 9.76. The van der Waals surface area contributed by atoms with Gasteiger partial charge in [-0.3, -0.25) is 14.9 Å². The minimum absolute atomic E-state index is 0. The van der Waals surface area contributed by atoms with Crippen molar-refractivity contribution >= 4 is 24.0 Å². The lowest BCUT2D eigenvalue weighted by atomic mass is 10.1. The van der Waals surface area contributed by atoms with E-state index >= 15 is 0 Å². The van der Waals surface area contributed by atoms with Gasteiger partial charge in [0.1, 0.15) is 0 Å². The fraction of sp³-hybridized carbons (Fsp3) is 0.278. The molecule has 2 aromatic rings. The Morgan fingerprint density at radius 1 is 1.20 bits per heavy atom. The average Bonchev–Trinajstić information content (AvgIpc) is 2.58. The number of aryl methyl sites for hydroxylation is 1. The van der Waals surface area contributed by atoms with Crippen LogP contribution in [0.25, 0.3) is 0 Å². The van der Waals surface area contributed by atoms with Gasteiger partial charge in [0.15, 0.2) is 0 Å². The summed E-state index contributed by atoms with van der Waals surface area (Å²) in [6.45, 7) is 3.16. The molecule has 0 heterocycles. The normalized spacial score (nSPS) is 10.0. The maximum Gasteiger partial charge on any atom is 0.272 e. The van der Waals surface area contributed by atoms with Crippen LogP contribution < -0.4 is 5.73 Å². The van der Waals surface area contributed by atoms with E-state index in [1.165, 1.54) is 12.1 Å². The molecule has 0 bridgehead atoms. The summed E-state index contributed by atoms with van der Waals surface area (Å²) in [5, 5.41) is 10.9. The first-order valence-electron chi connectivity index (χ1n) is 7.81. The van der Waals surface area contributed by atoms with E-state index in [1.807, 2.05) is 30.3 Å². The SMILES string of the molecule is Cc1cc(C(=O)N(CCCN)Cc2ccccc2)ccc1[N+](=O)[O-].Cl. The first-order chi connectivity index (χ1) is 11.5. The van der Waals surface area contributed by atoms with Gasteiger partial charge in [-0.05, 0) is 37.6 Å². The topological polar surface area (TPSA) is 89.5 Å². The molecule has 0 fully saturated rings. The Labute approximate surface area is 153 Å².